The van der Waals surface area contributed by atoms with Gasteiger partial charge in [-0.1, -0.05) is 13.8 Å². The van der Waals surface area contributed by atoms with Crippen LogP contribution in [0.1, 0.15) is 41.5 Å². The highest BCUT2D eigenvalue weighted by Gasteiger charge is 2.21. The molecule has 86 valence electrons. The predicted molar refractivity (Wildman–Crippen MR) is 62.3 cm³/mol. The first-order valence-corrected chi connectivity index (χ1v) is 6.52. The Labute approximate surface area is 89.7 Å². The van der Waals surface area contributed by atoms with Crippen molar-refractivity contribution in [3.05, 3.63) is 0 Å². The first kappa shape index (κ1) is 14.3. The second kappa shape index (κ2) is 7.58. The minimum absolute atomic E-state index is 0.223. The Morgan fingerprint density at radius 2 is 1.29 bits per heavy atom. The minimum atomic E-state index is -0.870. The number of hydrogen-bond donors (Lipinski definition) is 0. The molecule has 0 unspecified atom stereocenters. The van der Waals surface area contributed by atoms with Crippen molar-refractivity contribution in [2.45, 2.75) is 53.8 Å². The van der Waals surface area contributed by atoms with Gasteiger partial charge in [0.2, 0.25) is 0 Å². The van der Waals surface area contributed by atoms with Crippen LogP contribution >= 0.6 is 8.53 Å². The Hall–Kier alpha value is 0.310. The molecule has 0 aliphatic heterocycles. The van der Waals surface area contributed by atoms with Crippen molar-refractivity contribution in [3.8, 4) is 0 Å². The summed E-state index contributed by atoms with van der Waals surface area (Å²) in [5.74, 6) is 0. The molecule has 0 fully saturated rings. The van der Waals surface area contributed by atoms with Crippen LogP contribution in [0, 0.1) is 0 Å². The van der Waals surface area contributed by atoms with Gasteiger partial charge in [-0.25, -0.2) is 4.67 Å². The minimum Gasteiger partial charge on any atom is -0.319 e. The summed E-state index contributed by atoms with van der Waals surface area (Å²) in [4.78, 5) is 0. The molecule has 0 saturated carbocycles. The van der Waals surface area contributed by atoms with Crippen molar-refractivity contribution >= 4 is 8.53 Å². The van der Waals surface area contributed by atoms with Gasteiger partial charge in [-0.05, 0) is 27.7 Å². The van der Waals surface area contributed by atoms with Gasteiger partial charge in [0.25, 0.3) is 8.53 Å². The lowest BCUT2D eigenvalue weighted by atomic mass is 10.5. The lowest BCUT2D eigenvalue weighted by Crippen LogP contribution is -2.22. The van der Waals surface area contributed by atoms with Crippen LogP contribution in [0.4, 0.5) is 0 Å². The van der Waals surface area contributed by atoms with Crippen molar-refractivity contribution in [3.63, 3.8) is 0 Å². The second-order valence-corrected chi connectivity index (χ2v) is 5.15. The summed E-state index contributed by atoms with van der Waals surface area (Å²) >= 11 is 0. The van der Waals surface area contributed by atoms with Crippen molar-refractivity contribution in [2.75, 3.05) is 13.1 Å². The molecule has 4 heteroatoms. The molecule has 0 rings (SSSR count). The van der Waals surface area contributed by atoms with Crippen LogP contribution < -0.4 is 0 Å². The van der Waals surface area contributed by atoms with E-state index in [0.717, 1.165) is 13.1 Å². The second-order valence-electron chi connectivity index (χ2n) is 3.69. The SMILES string of the molecule is CCN(CC)P(OC(C)C)OC(C)C. The fourth-order valence-electron chi connectivity index (χ4n) is 0.973. The maximum absolute atomic E-state index is 5.77. The monoisotopic (exact) mass is 221 g/mol. The smallest absolute Gasteiger partial charge is 0.259 e. The largest absolute Gasteiger partial charge is 0.319 e. The lowest BCUT2D eigenvalue weighted by molar-refractivity contribution is 0.147. The normalized spacial score (nSPS) is 12.4. The van der Waals surface area contributed by atoms with Gasteiger partial charge in [-0.3, -0.25) is 0 Å². The molecule has 0 radical (unpaired) electrons. The molecule has 0 N–H and O–H groups in total. The van der Waals surface area contributed by atoms with Crippen molar-refractivity contribution < 1.29 is 9.05 Å². The zero-order valence-electron chi connectivity index (χ0n) is 10.3. The van der Waals surface area contributed by atoms with E-state index in [1.807, 2.05) is 27.7 Å². The molecule has 0 aliphatic carbocycles. The Balaban J connectivity index is 4.20. The summed E-state index contributed by atoms with van der Waals surface area (Å²) in [6, 6.07) is 0. The lowest BCUT2D eigenvalue weighted by Gasteiger charge is -2.30. The third-order valence-electron chi connectivity index (χ3n) is 1.56. The summed E-state index contributed by atoms with van der Waals surface area (Å²) in [7, 11) is -0.870. The van der Waals surface area contributed by atoms with E-state index in [1.54, 1.807) is 0 Å². The van der Waals surface area contributed by atoms with Crippen LogP contribution in [0.25, 0.3) is 0 Å². The topological polar surface area (TPSA) is 21.7 Å². The summed E-state index contributed by atoms with van der Waals surface area (Å²) < 4.78 is 13.8. The Morgan fingerprint density at radius 1 is 0.929 bits per heavy atom. The zero-order chi connectivity index (χ0) is 11.1. The van der Waals surface area contributed by atoms with Crippen LogP contribution in [0.2, 0.25) is 0 Å². The Kier molecular flexibility index (Phi) is 7.75. The van der Waals surface area contributed by atoms with Gasteiger partial charge in [-0.2, -0.15) is 0 Å². The van der Waals surface area contributed by atoms with E-state index < -0.39 is 8.53 Å². The first-order chi connectivity index (χ1) is 6.51. The molecule has 0 atom stereocenters. The average Bonchev–Trinajstić information content (AvgIpc) is 2.03. The summed E-state index contributed by atoms with van der Waals surface area (Å²) in [6.45, 7) is 14.4. The van der Waals surface area contributed by atoms with Crippen LogP contribution in [0.3, 0.4) is 0 Å². The molecular formula is C10H24NO2P. The molecule has 0 aromatic heterocycles. The molecule has 0 aromatic rings. The van der Waals surface area contributed by atoms with E-state index in [4.69, 9.17) is 9.05 Å². The van der Waals surface area contributed by atoms with E-state index in [1.165, 1.54) is 0 Å². The molecule has 0 aromatic carbocycles. The van der Waals surface area contributed by atoms with Gasteiger partial charge < -0.3 is 9.05 Å². The highest BCUT2D eigenvalue weighted by molar-refractivity contribution is 7.44. The number of nitrogens with zero attached hydrogens (tertiary/aromatic N) is 1. The average molecular weight is 221 g/mol. The third kappa shape index (κ3) is 5.92. The molecule has 0 amide bonds. The predicted octanol–water partition coefficient (Wildman–Crippen LogP) is 3.41. The van der Waals surface area contributed by atoms with Gasteiger partial charge in [0.15, 0.2) is 0 Å². The van der Waals surface area contributed by atoms with Gasteiger partial charge in [0.1, 0.15) is 0 Å². The van der Waals surface area contributed by atoms with E-state index in [2.05, 4.69) is 18.5 Å². The zero-order valence-corrected chi connectivity index (χ0v) is 11.2. The Morgan fingerprint density at radius 3 is 1.50 bits per heavy atom. The highest BCUT2D eigenvalue weighted by atomic mass is 31.2. The molecule has 0 spiro atoms. The van der Waals surface area contributed by atoms with Crippen LogP contribution in [0.15, 0.2) is 0 Å². The van der Waals surface area contributed by atoms with Crippen molar-refractivity contribution in [2.24, 2.45) is 0 Å². The highest BCUT2D eigenvalue weighted by Crippen LogP contribution is 2.44. The molecular weight excluding hydrogens is 197 g/mol. The standard InChI is InChI=1S/C10H24NO2P/c1-7-11(8-2)14(12-9(3)4)13-10(5)6/h9-10H,7-8H2,1-6H3. The van der Waals surface area contributed by atoms with Crippen LogP contribution in [-0.2, 0) is 9.05 Å². The van der Waals surface area contributed by atoms with Gasteiger partial charge in [0, 0.05) is 13.1 Å². The summed E-state index contributed by atoms with van der Waals surface area (Å²) in [6.07, 6.45) is 0.445. The van der Waals surface area contributed by atoms with E-state index in [0.29, 0.717) is 0 Å². The van der Waals surface area contributed by atoms with Crippen molar-refractivity contribution in [1.82, 2.24) is 4.67 Å². The number of hydrogen-bond acceptors (Lipinski definition) is 3. The third-order valence-corrected chi connectivity index (χ3v) is 3.79. The molecule has 14 heavy (non-hydrogen) atoms. The quantitative estimate of drug-likeness (QED) is 0.615. The summed E-state index contributed by atoms with van der Waals surface area (Å²) in [5.41, 5.74) is 0. The maximum Gasteiger partial charge on any atom is 0.259 e. The van der Waals surface area contributed by atoms with Crippen LogP contribution in [0.5, 0.6) is 0 Å². The molecule has 3 nitrogen and oxygen atoms in total. The number of rotatable bonds is 7. The fraction of sp³-hybridized carbons (Fsp3) is 1.00. The van der Waals surface area contributed by atoms with Gasteiger partial charge in [0.05, 0.1) is 12.2 Å². The van der Waals surface area contributed by atoms with E-state index >= 15 is 0 Å². The van der Waals surface area contributed by atoms with E-state index in [-0.39, 0.29) is 12.2 Å². The van der Waals surface area contributed by atoms with E-state index in [9.17, 15) is 0 Å². The fourth-order valence-corrected chi connectivity index (χ4v) is 2.47. The van der Waals surface area contributed by atoms with Gasteiger partial charge in [-0.15, -0.1) is 0 Å². The first-order valence-electron chi connectivity index (χ1n) is 5.39. The van der Waals surface area contributed by atoms with Gasteiger partial charge >= 0.3 is 0 Å². The summed E-state index contributed by atoms with van der Waals surface area (Å²) in [5, 5.41) is 0. The van der Waals surface area contributed by atoms with Crippen LogP contribution in [-0.4, -0.2) is 30.0 Å². The van der Waals surface area contributed by atoms with Crippen molar-refractivity contribution in [1.29, 1.82) is 0 Å². The molecule has 0 saturated heterocycles. The Bertz CT molecular complexity index is 128. The maximum atomic E-state index is 5.77. The molecule has 0 heterocycles. The molecule has 0 bridgehead atoms. The molecule has 0 aliphatic rings.